The van der Waals surface area contributed by atoms with Crippen LogP contribution in [-0.2, 0) is 9.53 Å². The lowest BCUT2D eigenvalue weighted by Gasteiger charge is -2.14. The maximum absolute atomic E-state index is 11.0. The van der Waals surface area contributed by atoms with E-state index in [9.17, 15) is 9.59 Å². The van der Waals surface area contributed by atoms with Crippen LogP contribution < -0.4 is 16.0 Å². The molecule has 0 spiro atoms. The monoisotopic (exact) mass is 290 g/mol. The summed E-state index contributed by atoms with van der Waals surface area (Å²) in [5.74, 6) is -0.580. The average Bonchev–Trinajstić information content (AvgIpc) is 2.43. The number of amidine groups is 1. The van der Waals surface area contributed by atoms with Crippen LogP contribution in [0.5, 0.6) is 0 Å². The van der Waals surface area contributed by atoms with E-state index in [0.717, 1.165) is 6.42 Å². The molecule has 0 aliphatic carbocycles. The zero-order chi connectivity index (χ0) is 15.4. The second kappa shape index (κ2) is 10.9. The summed E-state index contributed by atoms with van der Waals surface area (Å²) in [6.07, 6.45) is 1.18. The molecule has 0 rings (SSSR count). The van der Waals surface area contributed by atoms with Gasteiger partial charge in [0.2, 0.25) is 0 Å². The van der Waals surface area contributed by atoms with Gasteiger partial charge >= 0.3 is 12.1 Å². The Balaban J connectivity index is 3.81. The number of carbonyl (C=O) groups excluding carboxylic acids is 1. The summed E-state index contributed by atoms with van der Waals surface area (Å²) in [6.45, 7) is 2.06. The Bertz CT molecular complexity index is 335. The van der Waals surface area contributed by atoms with Gasteiger partial charge in [-0.1, -0.05) is 5.16 Å². The zero-order valence-electron chi connectivity index (χ0n) is 11.7. The first-order chi connectivity index (χ1) is 9.51. The maximum atomic E-state index is 11.0. The van der Waals surface area contributed by atoms with E-state index in [0.29, 0.717) is 25.2 Å². The standard InChI is InChI=1S/C11H22N4O5/c1-8(15-19)13-6-4-3-5-9(10(16)17)14-7-20-11(18)12-2/h9,14,19H,3-7H2,1-2H3,(H,12,18)(H,13,15)(H,16,17)/t9-/m0/s1. The number of ether oxygens (including phenoxy) is 1. The lowest BCUT2D eigenvalue weighted by molar-refractivity contribution is -0.140. The third kappa shape index (κ3) is 8.97. The van der Waals surface area contributed by atoms with Crippen molar-refractivity contribution in [2.75, 3.05) is 20.3 Å². The summed E-state index contributed by atoms with van der Waals surface area (Å²) in [5, 5.41) is 28.1. The number of hydrogen-bond acceptors (Lipinski definition) is 6. The van der Waals surface area contributed by atoms with E-state index in [2.05, 4.69) is 25.8 Å². The van der Waals surface area contributed by atoms with E-state index < -0.39 is 18.1 Å². The topological polar surface area (TPSA) is 132 Å². The third-order valence-corrected chi connectivity index (χ3v) is 2.49. The van der Waals surface area contributed by atoms with Gasteiger partial charge in [0.25, 0.3) is 0 Å². The first-order valence-corrected chi connectivity index (χ1v) is 6.24. The number of aliphatic carboxylic acids is 1. The molecule has 0 aliphatic heterocycles. The Labute approximate surface area is 117 Å². The molecular formula is C11H22N4O5. The number of nitrogens with one attached hydrogen (secondary N) is 3. The minimum absolute atomic E-state index is 0.162. The molecule has 0 saturated heterocycles. The van der Waals surface area contributed by atoms with Gasteiger partial charge in [-0.2, -0.15) is 0 Å². The first-order valence-electron chi connectivity index (χ1n) is 6.24. The number of carbonyl (C=O) groups is 2. The fourth-order valence-corrected chi connectivity index (χ4v) is 1.37. The molecule has 0 bridgehead atoms. The summed E-state index contributed by atoms with van der Waals surface area (Å²) in [6, 6.07) is -0.771. The highest BCUT2D eigenvalue weighted by Crippen LogP contribution is 2.01. The molecule has 0 aromatic heterocycles. The largest absolute Gasteiger partial charge is 0.480 e. The number of nitrogens with zero attached hydrogens (tertiary/aromatic N) is 1. The van der Waals surface area contributed by atoms with Gasteiger partial charge in [-0.05, 0) is 26.2 Å². The molecule has 0 radical (unpaired) electrons. The van der Waals surface area contributed by atoms with Crippen molar-refractivity contribution in [1.29, 1.82) is 0 Å². The quantitative estimate of drug-likeness (QED) is 0.100. The normalized spacial score (nSPS) is 12.6. The minimum atomic E-state index is -0.994. The van der Waals surface area contributed by atoms with E-state index in [1.54, 1.807) is 6.92 Å². The Morgan fingerprint density at radius 2 is 2.05 bits per heavy atom. The molecular weight excluding hydrogens is 268 g/mol. The molecule has 0 aromatic carbocycles. The van der Waals surface area contributed by atoms with Crippen molar-refractivity contribution in [2.24, 2.45) is 5.16 Å². The molecule has 0 aromatic rings. The first kappa shape index (κ1) is 18.0. The van der Waals surface area contributed by atoms with Crippen LogP contribution in [0.1, 0.15) is 26.2 Å². The highest BCUT2D eigenvalue weighted by atomic mass is 16.6. The minimum Gasteiger partial charge on any atom is -0.480 e. The summed E-state index contributed by atoms with van der Waals surface area (Å²) in [4.78, 5) is 21.8. The van der Waals surface area contributed by atoms with E-state index in [1.165, 1.54) is 7.05 Å². The van der Waals surface area contributed by atoms with Crippen LogP contribution in [0.4, 0.5) is 4.79 Å². The van der Waals surface area contributed by atoms with Crippen LogP contribution in [-0.4, -0.2) is 54.6 Å². The number of carboxylic acid groups (broad SMARTS) is 1. The Morgan fingerprint density at radius 1 is 1.35 bits per heavy atom. The van der Waals surface area contributed by atoms with Crippen molar-refractivity contribution in [3.05, 3.63) is 0 Å². The van der Waals surface area contributed by atoms with Crippen LogP contribution in [0.25, 0.3) is 0 Å². The molecule has 0 heterocycles. The fourth-order valence-electron chi connectivity index (χ4n) is 1.37. The van der Waals surface area contributed by atoms with Crippen LogP contribution in [0.2, 0.25) is 0 Å². The molecule has 0 unspecified atom stereocenters. The number of alkyl carbamates (subject to hydrolysis) is 1. The molecule has 0 fully saturated rings. The third-order valence-electron chi connectivity index (χ3n) is 2.49. The van der Waals surface area contributed by atoms with Gasteiger partial charge in [-0.25, -0.2) is 4.79 Å². The summed E-state index contributed by atoms with van der Waals surface area (Å²) in [7, 11) is 1.42. The molecule has 0 aliphatic rings. The molecule has 0 saturated carbocycles. The molecule has 5 N–H and O–H groups in total. The van der Waals surface area contributed by atoms with E-state index >= 15 is 0 Å². The number of oxime groups is 1. The number of hydrogen-bond donors (Lipinski definition) is 5. The van der Waals surface area contributed by atoms with Crippen LogP contribution >= 0.6 is 0 Å². The van der Waals surface area contributed by atoms with Crippen molar-refractivity contribution < 1.29 is 24.6 Å². The van der Waals surface area contributed by atoms with Gasteiger partial charge in [0, 0.05) is 13.6 Å². The van der Waals surface area contributed by atoms with Crippen molar-refractivity contribution in [3.63, 3.8) is 0 Å². The summed E-state index contributed by atoms with van der Waals surface area (Å²) in [5.41, 5.74) is 0. The van der Waals surface area contributed by atoms with Gasteiger partial charge in [0.05, 0.1) is 0 Å². The van der Waals surface area contributed by atoms with Crippen molar-refractivity contribution in [3.8, 4) is 0 Å². The Hall–Kier alpha value is -2.03. The lowest BCUT2D eigenvalue weighted by Crippen LogP contribution is -2.39. The molecule has 1 atom stereocenters. The highest BCUT2D eigenvalue weighted by Gasteiger charge is 2.16. The average molecular weight is 290 g/mol. The van der Waals surface area contributed by atoms with Crippen LogP contribution in [0.3, 0.4) is 0 Å². The van der Waals surface area contributed by atoms with Gasteiger partial charge in [-0.15, -0.1) is 0 Å². The van der Waals surface area contributed by atoms with E-state index in [-0.39, 0.29) is 6.73 Å². The van der Waals surface area contributed by atoms with E-state index in [1.807, 2.05) is 0 Å². The van der Waals surface area contributed by atoms with Crippen molar-refractivity contribution in [1.82, 2.24) is 16.0 Å². The molecule has 1 amide bonds. The summed E-state index contributed by atoms with van der Waals surface area (Å²) < 4.78 is 4.66. The molecule has 9 heteroatoms. The Morgan fingerprint density at radius 3 is 2.60 bits per heavy atom. The van der Waals surface area contributed by atoms with Gasteiger partial charge in [0.15, 0.2) is 0 Å². The Kier molecular flexibility index (Phi) is 9.75. The molecule has 20 heavy (non-hydrogen) atoms. The predicted molar refractivity (Wildman–Crippen MR) is 71.7 cm³/mol. The molecule has 9 nitrogen and oxygen atoms in total. The van der Waals surface area contributed by atoms with Crippen molar-refractivity contribution in [2.45, 2.75) is 32.2 Å². The SMILES string of the molecule is CNC(=O)OCN[C@@H](CCCCN/C(C)=N/O)C(=O)O. The lowest BCUT2D eigenvalue weighted by atomic mass is 10.1. The smallest absolute Gasteiger partial charge is 0.408 e. The second-order valence-electron chi connectivity index (χ2n) is 4.03. The van der Waals surface area contributed by atoms with E-state index in [4.69, 9.17) is 10.3 Å². The van der Waals surface area contributed by atoms with Gasteiger partial charge in [-0.3, -0.25) is 10.1 Å². The number of rotatable bonds is 9. The van der Waals surface area contributed by atoms with Crippen LogP contribution in [0.15, 0.2) is 5.16 Å². The zero-order valence-corrected chi connectivity index (χ0v) is 11.7. The second-order valence-corrected chi connectivity index (χ2v) is 4.03. The fraction of sp³-hybridized carbons (Fsp3) is 0.727. The van der Waals surface area contributed by atoms with Crippen LogP contribution in [0, 0.1) is 0 Å². The summed E-state index contributed by atoms with van der Waals surface area (Å²) >= 11 is 0. The highest BCUT2D eigenvalue weighted by molar-refractivity contribution is 5.78. The molecule has 116 valence electrons. The predicted octanol–water partition coefficient (Wildman–Crippen LogP) is -0.0898. The number of amides is 1. The van der Waals surface area contributed by atoms with Gasteiger partial charge < -0.3 is 25.7 Å². The van der Waals surface area contributed by atoms with Gasteiger partial charge in [0.1, 0.15) is 18.6 Å². The van der Waals surface area contributed by atoms with Crippen molar-refractivity contribution >= 4 is 17.9 Å². The number of carboxylic acids is 1. The maximum Gasteiger partial charge on any atom is 0.408 e. The number of unbranched alkanes of at least 4 members (excludes halogenated alkanes) is 1.